The van der Waals surface area contributed by atoms with E-state index < -0.39 is 27.4 Å². The monoisotopic (exact) mass is 338 g/mol. The molecule has 1 unspecified atom stereocenters. The van der Waals surface area contributed by atoms with Crippen LogP contribution in [0.15, 0.2) is 40.7 Å². The summed E-state index contributed by atoms with van der Waals surface area (Å²) in [6.45, 7) is 3.48. The van der Waals surface area contributed by atoms with Crippen molar-refractivity contribution in [3.05, 3.63) is 41.4 Å². The Hall–Kier alpha value is -1.93. The fourth-order valence-corrected chi connectivity index (χ4v) is 5.45. The molecule has 0 spiro atoms. The maximum atomic E-state index is 12.9. The van der Waals surface area contributed by atoms with Gasteiger partial charge in [-0.3, -0.25) is 4.31 Å². The minimum Gasteiger partial charge on any atom is -0.480 e. The maximum absolute atomic E-state index is 12.9. The van der Waals surface area contributed by atoms with Gasteiger partial charge in [0.1, 0.15) is 4.90 Å². The third kappa shape index (κ3) is 1.94. The van der Waals surface area contributed by atoms with Crippen LogP contribution < -0.4 is 4.31 Å². The van der Waals surface area contributed by atoms with Crippen molar-refractivity contribution in [3.63, 3.8) is 0 Å². The van der Waals surface area contributed by atoms with Gasteiger partial charge in [0, 0.05) is 10.8 Å². The predicted molar refractivity (Wildman–Crippen MR) is 82.7 cm³/mol. The average molecular weight is 338 g/mol. The van der Waals surface area contributed by atoms with Gasteiger partial charge >= 0.3 is 5.97 Å². The van der Waals surface area contributed by atoms with E-state index in [0.29, 0.717) is 11.3 Å². The summed E-state index contributed by atoms with van der Waals surface area (Å²) in [5.74, 6) is -1.17. The van der Waals surface area contributed by atoms with Crippen molar-refractivity contribution >= 4 is 33.2 Å². The Morgan fingerprint density at radius 3 is 2.64 bits per heavy atom. The molecule has 0 aliphatic carbocycles. The topological polar surface area (TPSA) is 87.6 Å². The zero-order valence-corrected chi connectivity index (χ0v) is 13.6. The number of aromatic nitrogens is 1. The molecule has 1 N–H and O–H groups in total. The van der Waals surface area contributed by atoms with E-state index in [9.17, 15) is 18.3 Å². The van der Waals surface area contributed by atoms with Crippen LogP contribution in [0.1, 0.15) is 19.4 Å². The first kappa shape index (κ1) is 15.0. The van der Waals surface area contributed by atoms with Gasteiger partial charge in [-0.25, -0.2) is 13.2 Å². The lowest BCUT2D eigenvalue weighted by Gasteiger charge is -2.29. The van der Waals surface area contributed by atoms with Gasteiger partial charge in [0.25, 0.3) is 10.0 Å². The van der Waals surface area contributed by atoms with Crippen molar-refractivity contribution in [2.75, 3.05) is 4.31 Å². The molecule has 0 radical (unpaired) electrons. The molecule has 2 aromatic rings. The minimum atomic E-state index is -3.97. The van der Waals surface area contributed by atoms with Gasteiger partial charge in [-0.2, -0.15) is 4.37 Å². The summed E-state index contributed by atoms with van der Waals surface area (Å²) in [6, 6.07) is 5.69. The number of rotatable bonds is 3. The van der Waals surface area contributed by atoms with Crippen LogP contribution in [-0.2, 0) is 20.2 Å². The number of hydrogen-bond acceptors (Lipinski definition) is 5. The first-order valence-electron chi connectivity index (χ1n) is 6.54. The maximum Gasteiger partial charge on any atom is 0.328 e. The lowest BCUT2D eigenvalue weighted by atomic mass is 9.81. The van der Waals surface area contributed by atoms with Crippen molar-refractivity contribution in [1.82, 2.24) is 4.37 Å². The molecule has 1 aromatic carbocycles. The molecular weight excluding hydrogens is 324 g/mol. The van der Waals surface area contributed by atoms with E-state index in [1.165, 1.54) is 11.6 Å². The van der Waals surface area contributed by atoms with E-state index in [0.717, 1.165) is 15.8 Å². The third-order valence-electron chi connectivity index (χ3n) is 3.95. The number of hydrogen-bond donors (Lipinski definition) is 1. The fourth-order valence-electron chi connectivity index (χ4n) is 2.90. The highest BCUT2D eigenvalue weighted by molar-refractivity contribution is 7.93. The Bertz CT molecular complexity index is 828. The molecule has 0 saturated heterocycles. The molecule has 1 aromatic heterocycles. The largest absolute Gasteiger partial charge is 0.480 e. The summed E-state index contributed by atoms with van der Waals surface area (Å²) < 4.78 is 30.6. The van der Waals surface area contributed by atoms with Gasteiger partial charge in [0.2, 0.25) is 0 Å². The first-order valence-corrected chi connectivity index (χ1v) is 8.81. The van der Waals surface area contributed by atoms with Gasteiger partial charge in [-0.1, -0.05) is 32.0 Å². The highest BCUT2D eigenvalue weighted by Crippen LogP contribution is 2.47. The van der Waals surface area contributed by atoms with Crippen LogP contribution in [0.3, 0.4) is 0 Å². The quantitative estimate of drug-likeness (QED) is 0.926. The molecule has 0 bridgehead atoms. The standard InChI is InChI=1S/C14H14N2O4S2/c1-14(2)10-5-3-4-6-11(10)16(12(14)13(17)18)22(19,20)9-7-15-21-8-9/h3-8,12H,1-2H3,(H,17,18). The number of fused-ring (bicyclic) bond motifs is 1. The normalized spacial score (nSPS) is 19.9. The fraction of sp³-hybridized carbons (Fsp3) is 0.286. The molecule has 3 rings (SSSR count). The SMILES string of the molecule is CC1(C)c2ccccc2N(S(=O)(=O)c2cnsc2)C1C(=O)O. The zero-order chi connectivity index (χ0) is 16.1. The van der Waals surface area contributed by atoms with Gasteiger partial charge in [-0.05, 0) is 23.2 Å². The number of benzene rings is 1. The Balaban J connectivity index is 2.28. The molecular formula is C14H14N2O4S2. The number of aliphatic carboxylic acids is 1. The summed E-state index contributed by atoms with van der Waals surface area (Å²) in [5, 5.41) is 11.0. The Morgan fingerprint density at radius 2 is 2.05 bits per heavy atom. The van der Waals surface area contributed by atoms with Crippen LogP contribution in [0.5, 0.6) is 0 Å². The average Bonchev–Trinajstić information content (AvgIpc) is 3.05. The van der Waals surface area contributed by atoms with Crippen molar-refractivity contribution < 1.29 is 18.3 Å². The predicted octanol–water partition coefficient (Wildman–Crippen LogP) is 2.08. The van der Waals surface area contributed by atoms with E-state index in [4.69, 9.17) is 0 Å². The van der Waals surface area contributed by atoms with Crippen molar-refractivity contribution in [2.24, 2.45) is 0 Å². The minimum absolute atomic E-state index is 0.0104. The number of carboxylic acid groups (broad SMARTS) is 1. The number of nitrogens with zero attached hydrogens (tertiary/aromatic N) is 2. The van der Waals surface area contributed by atoms with Gasteiger partial charge < -0.3 is 5.11 Å². The summed E-state index contributed by atoms with van der Waals surface area (Å²) in [4.78, 5) is 11.8. The Kier molecular flexibility index (Phi) is 3.26. The van der Waals surface area contributed by atoms with Gasteiger partial charge in [0.15, 0.2) is 6.04 Å². The van der Waals surface area contributed by atoms with Crippen LogP contribution in [0.2, 0.25) is 0 Å². The highest BCUT2D eigenvalue weighted by Gasteiger charge is 2.53. The van der Waals surface area contributed by atoms with Crippen LogP contribution >= 0.6 is 11.5 Å². The molecule has 0 saturated carbocycles. The highest BCUT2D eigenvalue weighted by atomic mass is 32.2. The third-order valence-corrected chi connectivity index (χ3v) is 6.43. The van der Waals surface area contributed by atoms with Crippen LogP contribution in [0.25, 0.3) is 0 Å². The second kappa shape index (κ2) is 4.79. The smallest absolute Gasteiger partial charge is 0.328 e. The van der Waals surface area contributed by atoms with Crippen molar-refractivity contribution in [1.29, 1.82) is 0 Å². The van der Waals surface area contributed by atoms with E-state index in [1.54, 1.807) is 38.1 Å². The molecule has 2 heterocycles. The molecule has 1 aliphatic heterocycles. The van der Waals surface area contributed by atoms with E-state index in [-0.39, 0.29) is 4.90 Å². The summed E-state index contributed by atoms with van der Waals surface area (Å²) in [5.41, 5.74) is 0.277. The molecule has 22 heavy (non-hydrogen) atoms. The second-order valence-electron chi connectivity index (χ2n) is 5.64. The number of sulfonamides is 1. The van der Waals surface area contributed by atoms with Gasteiger partial charge in [-0.15, -0.1) is 0 Å². The van der Waals surface area contributed by atoms with Gasteiger partial charge in [0.05, 0.1) is 11.9 Å². The second-order valence-corrected chi connectivity index (χ2v) is 8.11. The lowest BCUT2D eigenvalue weighted by Crippen LogP contribution is -2.49. The summed E-state index contributed by atoms with van der Waals surface area (Å²) in [6.07, 6.45) is 1.24. The van der Waals surface area contributed by atoms with Crippen LogP contribution in [-0.4, -0.2) is 29.9 Å². The number of anilines is 1. The number of para-hydroxylation sites is 1. The Labute approximate surface area is 132 Å². The molecule has 0 fully saturated rings. The van der Waals surface area contributed by atoms with Crippen LogP contribution in [0.4, 0.5) is 5.69 Å². The van der Waals surface area contributed by atoms with E-state index in [2.05, 4.69) is 4.37 Å². The number of carbonyl (C=O) groups is 1. The summed E-state index contributed by atoms with van der Waals surface area (Å²) >= 11 is 1.01. The molecule has 1 aliphatic rings. The molecule has 8 heteroatoms. The van der Waals surface area contributed by atoms with Crippen molar-refractivity contribution in [2.45, 2.75) is 30.2 Å². The summed E-state index contributed by atoms with van der Waals surface area (Å²) in [7, 11) is -3.97. The molecule has 1 atom stereocenters. The molecule has 0 amide bonds. The van der Waals surface area contributed by atoms with Crippen LogP contribution in [0, 0.1) is 0 Å². The molecule has 6 nitrogen and oxygen atoms in total. The van der Waals surface area contributed by atoms with E-state index in [1.807, 2.05) is 0 Å². The number of carboxylic acids is 1. The van der Waals surface area contributed by atoms with E-state index >= 15 is 0 Å². The Morgan fingerprint density at radius 1 is 1.36 bits per heavy atom. The van der Waals surface area contributed by atoms with Crippen molar-refractivity contribution in [3.8, 4) is 0 Å². The zero-order valence-electron chi connectivity index (χ0n) is 11.9. The first-order chi connectivity index (χ1) is 10.3. The molecule has 116 valence electrons. The lowest BCUT2D eigenvalue weighted by molar-refractivity contribution is -0.139.